The van der Waals surface area contributed by atoms with Gasteiger partial charge >= 0.3 is 24.5 Å². The molecule has 6 nitrogen and oxygen atoms in total. The minimum Gasteiger partial charge on any atom is -0.449 e. The number of amides is 2. The van der Waals surface area contributed by atoms with E-state index in [4.69, 9.17) is 9.47 Å². The maximum atomic E-state index is 13.2. The Morgan fingerprint density at radius 2 is 1.45 bits per heavy atom. The highest BCUT2D eigenvalue weighted by atomic mass is 19.4. The van der Waals surface area contributed by atoms with Crippen LogP contribution in [0.4, 0.5) is 35.9 Å². The summed E-state index contributed by atoms with van der Waals surface area (Å²) in [6.07, 6.45) is -9.65. The molecule has 2 aromatic rings. The Labute approximate surface area is 241 Å². The summed E-state index contributed by atoms with van der Waals surface area (Å²) in [5, 5.41) is 2.76. The summed E-state index contributed by atoms with van der Waals surface area (Å²) in [6, 6.07) is 9.88. The molecule has 1 aliphatic rings. The van der Waals surface area contributed by atoms with E-state index in [9.17, 15) is 35.9 Å². The zero-order chi connectivity index (χ0) is 31.3. The molecule has 0 spiro atoms. The molecule has 0 unspecified atom stereocenters. The van der Waals surface area contributed by atoms with E-state index in [0.717, 1.165) is 5.56 Å². The van der Waals surface area contributed by atoms with E-state index in [2.05, 4.69) is 5.32 Å². The molecule has 3 rings (SSSR count). The maximum absolute atomic E-state index is 13.2. The Morgan fingerprint density at radius 1 is 0.881 bits per heavy atom. The van der Waals surface area contributed by atoms with Crippen molar-refractivity contribution >= 4 is 12.2 Å². The molecule has 0 aliphatic carbocycles. The van der Waals surface area contributed by atoms with Crippen molar-refractivity contribution in [1.29, 1.82) is 0 Å². The number of nitrogens with one attached hydrogen (secondary N) is 1. The topological polar surface area (TPSA) is 67.9 Å². The summed E-state index contributed by atoms with van der Waals surface area (Å²) in [5.74, 6) is 0. The SMILES string of the molecule is CC[C@@H]1C[C@H](NC(=O)OCCc2cc(C(F)(F)F)cc(C(F)(F)F)c2)C[C@H](Cc2ccccc2)N1C(=O)OC(C)(C)C. The van der Waals surface area contributed by atoms with Crippen LogP contribution in [0.5, 0.6) is 0 Å². The molecule has 1 N–H and O–H groups in total. The van der Waals surface area contributed by atoms with Crippen LogP contribution in [0.25, 0.3) is 0 Å². The van der Waals surface area contributed by atoms with Crippen LogP contribution in [-0.4, -0.2) is 47.4 Å². The molecule has 0 saturated carbocycles. The first-order valence-corrected chi connectivity index (χ1v) is 13.7. The van der Waals surface area contributed by atoms with E-state index in [-0.39, 0.29) is 36.2 Å². The number of carbonyl (C=O) groups is 2. The Kier molecular flexibility index (Phi) is 10.4. The van der Waals surface area contributed by atoms with Gasteiger partial charge in [-0.3, -0.25) is 0 Å². The predicted octanol–water partition coefficient (Wildman–Crippen LogP) is 7.78. The molecular formula is C30H36F6N2O4. The average Bonchev–Trinajstić information content (AvgIpc) is 2.86. The number of likely N-dealkylation sites (tertiary alicyclic amines) is 1. The number of alkyl carbamates (subject to hydrolysis) is 1. The van der Waals surface area contributed by atoms with Gasteiger partial charge in [-0.1, -0.05) is 37.3 Å². The summed E-state index contributed by atoms with van der Waals surface area (Å²) in [5.41, 5.74) is -2.82. The van der Waals surface area contributed by atoms with Gasteiger partial charge in [0.1, 0.15) is 5.60 Å². The van der Waals surface area contributed by atoms with Crippen LogP contribution < -0.4 is 5.32 Å². The van der Waals surface area contributed by atoms with Crippen molar-refractivity contribution in [3.05, 3.63) is 70.8 Å². The second-order valence-electron chi connectivity index (χ2n) is 11.4. The van der Waals surface area contributed by atoms with Crippen molar-refractivity contribution in [2.45, 2.75) is 95.9 Å². The van der Waals surface area contributed by atoms with Gasteiger partial charge in [0.25, 0.3) is 0 Å². The molecule has 0 radical (unpaired) electrons. The molecule has 2 amide bonds. The van der Waals surface area contributed by atoms with Crippen LogP contribution in [0, 0.1) is 0 Å². The van der Waals surface area contributed by atoms with E-state index in [1.807, 2.05) is 37.3 Å². The van der Waals surface area contributed by atoms with Gasteiger partial charge in [0, 0.05) is 24.5 Å². The minimum absolute atomic E-state index is 0.0523. The monoisotopic (exact) mass is 602 g/mol. The number of nitrogens with zero attached hydrogens (tertiary/aromatic N) is 1. The maximum Gasteiger partial charge on any atom is 0.416 e. The van der Waals surface area contributed by atoms with Crippen LogP contribution in [0.1, 0.15) is 69.2 Å². The Hall–Kier alpha value is -3.44. The number of benzene rings is 2. The number of rotatable bonds is 7. The number of hydrogen-bond acceptors (Lipinski definition) is 4. The lowest BCUT2D eigenvalue weighted by Gasteiger charge is -2.45. The second kappa shape index (κ2) is 13.2. The lowest BCUT2D eigenvalue weighted by Crippen LogP contribution is -2.58. The van der Waals surface area contributed by atoms with Crippen molar-refractivity contribution in [1.82, 2.24) is 10.2 Å². The molecule has 1 heterocycles. The molecular weight excluding hydrogens is 566 g/mol. The summed E-state index contributed by atoms with van der Waals surface area (Å²) in [7, 11) is 0. The number of halogens is 6. The summed E-state index contributed by atoms with van der Waals surface area (Å²) in [6.45, 7) is 6.85. The first kappa shape index (κ1) is 33.1. The number of piperidine rings is 1. The van der Waals surface area contributed by atoms with Gasteiger partial charge in [-0.15, -0.1) is 0 Å². The minimum atomic E-state index is -4.96. The standard InChI is InChI=1S/C30H36F6N2O4/c1-5-24-17-23(18-25(15-19-9-7-6-8-10-19)38(24)27(40)42-28(2,3)4)37-26(39)41-12-11-20-13-21(29(31,32)33)16-22(14-20)30(34,35)36/h6-10,13-14,16,23-25H,5,11-12,15,17-18H2,1-4H3,(H,37,39)/t23-,24+,25-/m0/s1. The van der Waals surface area contributed by atoms with E-state index < -0.39 is 47.9 Å². The highest BCUT2D eigenvalue weighted by molar-refractivity contribution is 5.70. The Morgan fingerprint density at radius 3 is 1.98 bits per heavy atom. The largest absolute Gasteiger partial charge is 0.449 e. The van der Waals surface area contributed by atoms with Gasteiger partial charge in [0.05, 0.1) is 17.7 Å². The highest BCUT2D eigenvalue weighted by Gasteiger charge is 2.41. The third-order valence-electron chi connectivity index (χ3n) is 6.88. The molecule has 0 aromatic heterocycles. The number of carbonyl (C=O) groups excluding carboxylic acids is 2. The summed E-state index contributed by atoms with van der Waals surface area (Å²) >= 11 is 0. The van der Waals surface area contributed by atoms with Gasteiger partial charge in [-0.2, -0.15) is 26.3 Å². The van der Waals surface area contributed by atoms with Gasteiger partial charge in [0.2, 0.25) is 0 Å². The molecule has 1 saturated heterocycles. The lowest BCUT2D eigenvalue weighted by atomic mass is 9.87. The molecule has 3 atom stereocenters. The molecule has 2 aromatic carbocycles. The van der Waals surface area contributed by atoms with Crippen LogP contribution >= 0.6 is 0 Å². The van der Waals surface area contributed by atoms with Gasteiger partial charge in [-0.05, 0) is 75.8 Å². The molecule has 42 heavy (non-hydrogen) atoms. The van der Waals surface area contributed by atoms with E-state index in [1.165, 1.54) is 0 Å². The number of hydrogen-bond donors (Lipinski definition) is 1. The first-order chi connectivity index (χ1) is 19.5. The average molecular weight is 603 g/mol. The second-order valence-corrected chi connectivity index (χ2v) is 11.4. The van der Waals surface area contributed by atoms with E-state index in [1.54, 1.807) is 25.7 Å². The summed E-state index contributed by atoms with van der Waals surface area (Å²) < 4.78 is 89.7. The molecule has 1 fully saturated rings. The quantitative estimate of drug-likeness (QED) is 0.329. The van der Waals surface area contributed by atoms with Crippen molar-refractivity contribution < 1.29 is 45.4 Å². The number of ether oxygens (including phenoxy) is 2. The molecule has 232 valence electrons. The molecule has 1 aliphatic heterocycles. The fourth-order valence-corrected chi connectivity index (χ4v) is 5.07. The van der Waals surface area contributed by atoms with Gasteiger partial charge in [-0.25, -0.2) is 9.59 Å². The smallest absolute Gasteiger partial charge is 0.416 e. The van der Waals surface area contributed by atoms with Crippen molar-refractivity contribution in [2.75, 3.05) is 6.61 Å². The third-order valence-corrected chi connectivity index (χ3v) is 6.88. The lowest BCUT2D eigenvalue weighted by molar-refractivity contribution is -0.143. The van der Waals surface area contributed by atoms with Crippen LogP contribution in [0.15, 0.2) is 48.5 Å². The predicted molar refractivity (Wildman–Crippen MR) is 144 cm³/mol. The Balaban J connectivity index is 1.68. The van der Waals surface area contributed by atoms with Gasteiger partial charge in [0.15, 0.2) is 0 Å². The van der Waals surface area contributed by atoms with Crippen LogP contribution in [-0.2, 0) is 34.7 Å². The van der Waals surface area contributed by atoms with Crippen LogP contribution in [0.2, 0.25) is 0 Å². The van der Waals surface area contributed by atoms with Crippen LogP contribution in [0.3, 0.4) is 0 Å². The fourth-order valence-electron chi connectivity index (χ4n) is 5.07. The normalized spacial score (nSPS) is 19.8. The molecule has 0 bridgehead atoms. The van der Waals surface area contributed by atoms with Gasteiger partial charge < -0.3 is 19.7 Å². The zero-order valence-electron chi connectivity index (χ0n) is 23.9. The fraction of sp³-hybridized carbons (Fsp3) is 0.533. The van der Waals surface area contributed by atoms with E-state index >= 15 is 0 Å². The zero-order valence-corrected chi connectivity index (χ0v) is 23.9. The van der Waals surface area contributed by atoms with E-state index in [0.29, 0.717) is 37.8 Å². The first-order valence-electron chi connectivity index (χ1n) is 13.7. The molecule has 12 heteroatoms. The van der Waals surface area contributed by atoms with Crippen molar-refractivity contribution in [3.8, 4) is 0 Å². The third kappa shape index (κ3) is 9.55. The highest BCUT2D eigenvalue weighted by Crippen LogP contribution is 2.36. The van der Waals surface area contributed by atoms with Crippen molar-refractivity contribution in [3.63, 3.8) is 0 Å². The summed E-state index contributed by atoms with van der Waals surface area (Å²) in [4.78, 5) is 27.6. The number of alkyl halides is 6. The van der Waals surface area contributed by atoms with Crippen molar-refractivity contribution in [2.24, 2.45) is 0 Å². The Bertz CT molecular complexity index is 1180.